The number of benzene rings is 1. The normalized spacial score (nSPS) is 14.3. The smallest absolute Gasteiger partial charge is 0.338 e. The van der Waals surface area contributed by atoms with Crippen molar-refractivity contribution in [2.75, 3.05) is 19.0 Å². The van der Waals surface area contributed by atoms with Crippen molar-refractivity contribution in [2.45, 2.75) is 38.1 Å². The van der Waals surface area contributed by atoms with Gasteiger partial charge in [-0.2, -0.15) is 0 Å². The topological polar surface area (TPSA) is 75.7 Å². The van der Waals surface area contributed by atoms with Crippen LogP contribution in [0.2, 0.25) is 0 Å². The summed E-state index contributed by atoms with van der Waals surface area (Å²) in [4.78, 5) is 39.0. The van der Waals surface area contributed by atoms with Crippen LogP contribution in [0.5, 0.6) is 0 Å². The maximum atomic E-state index is 12.3. The molecular formula is C21H24N2O4S. The molecular weight excluding hydrogens is 376 g/mol. The number of hydrogen-bond acceptors (Lipinski definition) is 5. The number of hydrogen-bond donors (Lipinski definition) is 1. The molecule has 3 rings (SSSR count). The molecule has 0 bridgehead atoms. The van der Waals surface area contributed by atoms with Crippen molar-refractivity contribution in [1.82, 2.24) is 4.90 Å². The van der Waals surface area contributed by atoms with Crippen LogP contribution in [-0.4, -0.2) is 42.4 Å². The summed E-state index contributed by atoms with van der Waals surface area (Å²) in [6, 6.07) is 10.3. The molecule has 1 saturated carbocycles. The van der Waals surface area contributed by atoms with E-state index < -0.39 is 5.97 Å². The fourth-order valence-corrected chi connectivity index (χ4v) is 3.93. The summed E-state index contributed by atoms with van der Waals surface area (Å²) in [7, 11) is 1.77. The van der Waals surface area contributed by atoms with Crippen LogP contribution < -0.4 is 5.32 Å². The van der Waals surface area contributed by atoms with Crippen molar-refractivity contribution in [3.63, 3.8) is 0 Å². The third kappa shape index (κ3) is 5.19. The Hall–Kier alpha value is -2.67. The third-order valence-corrected chi connectivity index (χ3v) is 5.81. The van der Waals surface area contributed by atoms with Crippen LogP contribution in [0.1, 0.15) is 52.1 Å². The van der Waals surface area contributed by atoms with Gasteiger partial charge in [0.2, 0.25) is 0 Å². The summed E-state index contributed by atoms with van der Waals surface area (Å²) in [5.41, 5.74) is 0.788. The van der Waals surface area contributed by atoms with Gasteiger partial charge in [-0.1, -0.05) is 31.4 Å². The summed E-state index contributed by atoms with van der Waals surface area (Å²) >= 11 is 1.34. The van der Waals surface area contributed by atoms with E-state index in [1.807, 2.05) is 5.38 Å². The van der Waals surface area contributed by atoms with Gasteiger partial charge in [0.25, 0.3) is 11.8 Å². The van der Waals surface area contributed by atoms with Crippen molar-refractivity contribution in [3.8, 4) is 0 Å². The van der Waals surface area contributed by atoms with Gasteiger partial charge in [-0.05, 0) is 42.5 Å². The first-order valence-corrected chi connectivity index (χ1v) is 10.3. The Labute approximate surface area is 168 Å². The highest BCUT2D eigenvalue weighted by molar-refractivity contribution is 7.12. The second-order valence-electron chi connectivity index (χ2n) is 6.88. The maximum Gasteiger partial charge on any atom is 0.338 e. The first kappa shape index (κ1) is 20.1. The lowest BCUT2D eigenvalue weighted by Gasteiger charge is -2.31. The average Bonchev–Trinajstić information content (AvgIpc) is 3.27. The number of amides is 2. The second kappa shape index (κ2) is 9.50. The highest BCUT2D eigenvalue weighted by Gasteiger charge is 2.23. The Morgan fingerprint density at radius 3 is 2.64 bits per heavy atom. The summed E-state index contributed by atoms with van der Waals surface area (Å²) in [6.45, 7) is -0.280. The molecule has 0 radical (unpaired) electrons. The number of anilines is 1. The Kier molecular flexibility index (Phi) is 6.81. The van der Waals surface area contributed by atoms with E-state index in [2.05, 4.69) is 5.32 Å². The molecule has 28 heavy (non-hydrogen) atoms. The first-order chi connectivity index (χ1) is 13.5. The molecule has 148 valence electrons. The van der Waals surface area contributed by atoms with Gasteiger partial charge >= 0.3 is 5.97 Å². The van der Waals surface area contributed by atoms with Crippen molar-refractivity contribution in [1.29, 1.82) is 0 Å². The number of ether oxygens (including phenoxy) is 1. The van der Waals surface area contributed by atoms with Gasteiger partial charge in [0.05, 0.1) is 10.4 Å². The largest absolute Gasteiger partial charge is 0.452 e. The van der Waals surface area contributed by atoms with Gasteiger partial charge < -0.3 is 15.0 Å². The molecule has 2 aromatic rings. The minimum absolute atomic E-state index is 0.192. The summed E-state index contributed by atoms with van der Waals surface area (Å²) in [5, 5.41) is 4.58. The number of nitrogens with one attached hydrogen (secondary N) is 1. The Bertz CT molecular complexity index is 829. The molecule has 1 fully saturated rings. The molecule has 2 amide bonds. The molecule has 0 unspecified atom stereocenters. The van der Waals surface area contributed by atoms with Crippen LogP contribution >= 0.6 is 11.3 Å². The summed E-state index contributed by atoms with van der Waals surface area (Å²) in [5.74, 6) is -1.01. The molecule has 0 saturated heterocycles. The third-order valence-electron chi connectivity index (χ3n) is 4.94. The van der Waals surface area contributed by atoms with E-state index in [-0.39, 0.29) is 30.0 Å². The Morgan fingerprint density at radius 2 is 1.93 bits per heavy atom. The van der Waals surface area contributed by atoms with Gasteiger partial charge in [0.1, 0.15) is 0 Å². The van der Waals surface area contributed by atoms with Crippen molar-refractivity contribution >= 4 is 34.8 Å². The quantitative estimate of drug-likeness (QED) is 0.745. The number of nitrogens with zero attached hydrogens (tertiary/aromatic N) is 1. The molecule has 0 spiro atoms. The van der Waals surface area contributed by atoms with E-state index in [1.165, 1.54) is 17.8 Å². The molecule has 1 heterocycles. The lowest BCUT2D eigenvalue weighted by atomic mass is 9.94. The maximum absolute atomic E-state index is 12.3. The van der Waals surface area contributed by atoms with Crippen LogP contribution in [0.4, 0.5) is 5.69 Å². The van der Waals surface area contributed by atoms with Crippen LogP contribution in [0.15, 0.2) is 41.8 Å². The summed E-state index contributed by atoms with van der Waals surface area (Å²) < 4.78 is 5.19. The average molecular weight is 401 g/mol. The van der Waals surface area contributed by atoms with Crippen LogP contribution in [-0.2, 0) is 9.53 Å². The molecule has 1 aromatic heterocycles. The lowest BCUT2D eigenvalue weighted by Crippen LogP contribution is -2.40. The zero-order valence-corrected chi connectivity index (χ0v) is 16.7. The van der Waals surface area contributed by atoms with Crippen molar-refractivity contribution in [2.24, 2.45) is 0 Å². The molecule has 0 aliphatic heterocycles. The molecule has 7 heteroatoms. The minimum atomic E-state index is -0.586. The predicted molar refractivity (Wildman–Crippen MR) is 109 cm³/mol. The van der Waals surface area contributed by atoms with Crippen LogP contribution in [0, 0.1) is 0 Å². The predicted octanol–water partition coefficient (Wildman–Crippen LogP) is 3.95. The van der Waals surface area contributed by atoms with E-state index in [9.17, 15) is 14.4 Å². The minimum Gasteiger partial charge on any atom is -0.452 e. The molecule has 1 aromatic carbocycles. The Morgan fingerprint density at radius 1 is 1.14 bits per heavy atom. The first-order valence-electron chi connectivity index (χ1n) is 9.42. The number of rotatable bonds is 6. The molecule has 1 aliphatic carbocycles. The second-order valence-corrected chi connectivity index (χ2v) is 7.83. The number of thiophene rings is 1. The van der Waals surface area contributed by atoms with Crippen LogP contribution in [0.25, 0.3) is 0 Å². The van der Waals surface area contributed by atoms with Crippen molar-refractivity contribution < 1.29 is 19.1 Å². The van der Waals surface area contributed by atoms with E-state index in [0.717, 1.165) is 25.7 Å². The fraction of sp³-hybridized carbons (Fsp3) is 0.381. The highest BCUT2D eigenvalue weighted by atomic mass is 32.1. The van der Waals surface area contributed by atoms with E-state index in [0.29, 0.717) is 10.6 Å². The lowest BCUT2D eigenvalue weighted by molar-refractivity contribution is -0.135. The van der Waals surface area contributed by atoms with Gasteiger partial charge in [-0.15, -0.1) is 11.3 Å². The standard InChI is InChI=1S/C21H24N2O4S/c1-23(17-9-3-2-4-10-17)19(24)14-27-21(26)15-7-5-8-16(13-15)22-20(25)18-11-6-12-28-18/h5-8,11-13,17H,2-4,9-10,14H2,1H3,(H,22,25). The van der Waals surface area contributed by atoms with Gasteiger partial charge in [-0.25, -0.2) is 4.79 Å². The van der Waals surface area contributed by atoms with Gasteiger partial charge in [-0.3, -0.25) is 9.59 Å². The number of carbonyl (C=O) groups is 3. The summed E-state index contributed by atoms with van der Waals surface area (Å²) in [6.07, 6.45) is 5.48. The zero-order valence-electron chi connectivity index (χ0n) is 15.8. The van der Waals surface area contributed by atoms with E-state index >= 15 is 0 Å². The van der Waals surface area contributed by atoms with Gasteiger partial charge in [0.15, 0.2) is 6.61 Å². The molecule has 1 aliphatic rings. The van der Waals surface area contributed by atoms with E-state index in [4.69, 9.17) is 4.74 Å². The number of esters is 1. The Balaban J connectivity index is 1.54. The SMILES string of the molecule is CN(C(=O)COC(=O)c1cccc(NC(=O)c2cccs2)c1)C1CCCCC1. The van der Waals surface area contributed by atoms with E-state index in [1.54, 1.807) is 48.3 Å². The fourth-order valence-electron chi connectivity index (χ4n) is 3.31. The van der Waals surface area contributed by atoms with Crippen LogP contribution in [0.3, 0.4) is 0 Å². The number of carbonyl (C=O) groups excluding carboxylic acids is 3. The molecule has 0 atom stereocenters. The van der Waals surface area contributed by atoms with Crippen molar-refractivity contribution in [3.05, 3.63) is 52.2 Å². The molecule has 6 nitrogen and oxygen atoms in total. The monoisotopic (exact) mass is 400 g/mol. The zero-order chi connectivity index (χ0) is 19.9. The molecule has 1 N–H and O–H groups in total. The van der Waals surface area contributed by atoms with Gasteiger partial charge in [0, 0.05) is 18.8 Å². The number of likely N-dealkylation sites (N-methyl/N-ethyl adjacent to an activating group) is 1. The highest BCUT2D eigenvalue weighted by Crippen LogP contribution is 2.22.